The zero-order chi connectivity index (χ0) is 14.4. The summed E-state index contributed by atoms with van der Waals surface area (Å²) in [5.74, 6) is 2.55. The van der Waals surface area contributed by atoms with Gasteiger partial charge in [-0.1, -0.05) is 6.92 Å². The Kier molecular flexibility index (Phi) is 2.54. The second-order valence-corrected chi connectivity index (χ2v) is 5.00. The monoisotopic (exact) mass is 281 g/mol. The number of aryl methyl sites for hydroxylation is 1. The average molecular weight is 281 g/mol. The van der Waals surface area contributed by atoms with Crippen LogP contribution < -0.4 is 15.2 Å². The Hall–Kier alpha value is -2.69. The Balaban J connectivity index is 1.96. The summed E-state index contributed by atoms with van der Waals surface area (Å²) in [6, 6.07) is 11.7. The minimum atomic E-state index is 0.278. The molecule has 0 saturated heterocycles. The van der Waals surface area contributed by atoms with Gasteiger partial charge in [0.25, 0.3) is 0 Å². The third kappa shape index (κ3) is 1.81. The van der Waals surface area contributed by atoms with E-state index in [9.17, 15) is 0 Å². The fraction of sp³-hybridized carbons (Fsp3) is 0.188. The lowest BCUT2D eigenvalue weighted by Crippen LogP contribution is -2.00. The van der Waals surface area contributed by atoms with Gasteiger partial charge in [0, 0.05) is 18.2 Å². The van der Waals surface area contributed by atoms with Crippen LogP contribution in [0.15, 0.2) is 36.4 Å². The van der Waals surface area contributed by atoms with E-state index in [1.807, 2.05) is 36.4 Å². The van der Waals surface area contributed by atoms with Crippen LogP contribution in [-0.2, 0) is 6.42 Å². The van der Waals surface area contributed by atoms with E-state index in [-0.39, 0.29) is 6.79 Å². The highest BCUT2D eigenvalue weighted by Crippen LogP contribution is 2.35. The van der Waals surface area contributed by atoms with E-state index in [4.69, 9.17) is 15.2 Å². The molecule has 1 aromatic heterocycles. The van der Waals surface area contributed by atoms with Gasteiger partial charge in [0.2, 0.25) is 6.79 Å². The van der Waals surface area contributed by atoms with Gasteiger partial charge in [0.1, 0.15) is 5.82 Å². The molecule has 3 aromatic rings. The van der Waals surface area contributed by atoms with Gasteiger partial charge in [0.05, 0.1) is 16.7 Å². The third-order valence-corrected chi connectivity index (χ3v) is 3.68. The lowest BCUT2D eigenvalue weighted by molar-refractivity contribution is 0.174. The van der Waals surface area contributed by atoms with Crippen molar-refractivity contribution in [2.24, 2.45) is 0 Å². The van der Waals surface area contributed by atoms with E-state index in [0.29, 0.717) is 0 Å². The van der Waals surface area contributed by atoms with E-state index >= 15 is 0 Å². The number of hydrogen-bond donors (Lipinski definition) is 1. The van der Waals surface area contributed by atoms with Crippen molar-refractivity contribution in [3.05, 3.63) is 42.2 Å². The van der Waals surface area contributed by atoms with E-state index in [2.05, 4.69) is 16.5 Å². The lowest BCUT2D eigenvalue weighted by Gasteiger charge is -2.09. The largest absolute Gasteiger partial charge is 0.454 e. The van der Waals surface area contributed by atoms with E-state index < -0.39 is 0 Å². The molecule has 0 aliphatic carbocycles. The first-order valence-corrected chi connectivity index (χ1v) is 6.93. The number of nitrogens with zero attached hydrogens (tertiary/aromatic N) is 2. The van der Waals surface area contributed by atoms with Crippen LogP contribution in [0.1, 0.15) is 12.7 Å². The Morgan fingerprint density at radius 3 is 2.86 bits per heavy atom. The van der Waals surface area contributed by atoms with Crippen molar-refractivity contribution in [1.29, 1.82) is 0 Å². The molecular formula is C16H15N3O2. The highest BCUT2D eigenvalue weighted by atomic mass is 16.7. The molecule has 106 valence electrons. The molecule has 2 heterocycles. The number of anilines is 1. The average Bonchev–Trinajstić information content (AvgIpc) is 3.09. The highest BCUT2D eigenvalue weighted by molar-refractivity contribution is 5.81. The van der Waals surface area contributed by atoms with Gasteiger partial charge in [0.15, 0.2) is 11.5 Å². The summed E-state index contributed by atoms with van der Waals surface area (Å²) >= 11 is 0. The Bertz CT molecular complexity index is 839. The fourth-order valence-corrected chi connectivity index (χ4v) is 2.70. The summed E-state index contributed by atoms with van der Waals surface area (Å²) in [4.78, 5) is 4.67. The first-order chi connectivity index (χ1) is 10.3. The van der Waals surface area contributed by atoms with Crippen molar-refractivity contribution in [3.8, 4) is 17.2 Å². The third-order valence-electron chi connectivity index (χ3n) is 3.68. The maximum absolute atomic E-state index is 5.85. The number of imidazole rings is 1. The van der Waals surface area contributed by atoms with Gasteiger partial charge in [-0.2, -0.15) is 0 Å². The van der Waals surface area contributed by atoms with Crippen molar-refractivity contribution in [2.45, 2.75) is 13.3 Å². The summed E-state index contributed by atoms with van der Waals surface area (Å²) in [5, 5.41) is 0. The van der Waals surface area contributed by atoms with Crippen LogP contribution in [0.2, 0.25) is 0 Å². The molecule has 0 fully saturated rings. The summed E-state index contributed by atoms with van der Waals surface area (Å²) in [6.45, 7) is 2.37. The van der Waals surface area contributed by atoms with Gasteiger partial charge >= 0.3 is 0 Å². The number of benzene rings is 2. The molecule has 5 nitrogen and oxygen atoms in total. The summed E-state index contributed by atoms with van der Waals surface area (Å²) < 4.78 is 13.0. The minimum absolute atomic E-state index is 0.278. The van der Waals surface area contributed by atoms with E-state index in [1.165, 1.54) is 0 Å². The molecule has 0 unspecified atom stereocenters. The van der Waals surface area contributed by atoms with Crippen LogP contribution in [0.5, 0.6) is 11.5 Å². The molecule has 0 atom stereocenters. The smallest absolute Gasteiger partial charge is 0.231 e. The first kappa shape index (κ1) is 12.1. The molecule has 0 saturated carbocycles. The van der Waals surface area contributed by atoms with Crippen LogP contribution in [0.3, 0.4) is 0 Å². The SMILES string of the molecule is CCc1nc2cc(N)ccc2n1-c1ccc2c(c1)OCO2. The first-order valence-electron chi connectivity index (χ1n) is 6.93. The predicted molar refractivity (Wildman–Crippen MR) is 81.0 cm³/mol. The summed E-state index contributed by atoms with van der Waals surface area (Å²) in [7, 11) is 0. The molecule has 0 radical (unpaired) electrons. The van der Waals surface area contributed by atoms with Crippen LogP contribution in [0.25, 0.3) is 16.7 Å². The number of aromatic nitrogens is 2. The zero-order valence-electron chi connectivity index (χ0n) is 11.7. The molecule has 2 N–H and O–H groups in total. The van der Waals surface area contributed by atoms with Crippen LogP contribution in [0, 0.1) is 0 Å². The molecule has 0 spiro atoms. The second kappa shape index (κ2) is 4.41. The van der Waals surface area contributed by atoms with E-state index in [1.54, 1.807) is 0 Å². The predicted octanol–water partition coefficient (Wildman–Crippen LogP) is 2.90. The molecule has 2 aromatic carbocycles. The Morgan fingerprint density at radius 1 is 1.14 bits per heavy atom. The quantitative estimate of drug-likeness (QED) is 0.734. The van der Waals surface area contributed by atoms with Crippen LogP contribution in [0.4, 0.5) is 5.69 Å². The van der Waals surface area contributed by atoms with Crippen molar-refractivity contribution < 1.29 is 9.47 Å². The molecule has 1 aliphatic heterocycles. The number of rotatable bonds is 2. The molecular weight excluding hydrogens is 266 g/mol. The van der Waals surface area contributed by atoms with Crippen LogP contribution in [-0.4, -0.2) is 16.3 Å². The fourth-order valence-electron chi connectivity index (χ4n) is 2.70. The van der Waals surface area contributed by atoms with Gasteiger partial charge in [-0.05, 0) is 30.3 Å². The van der Waals surface area contributed by atoms with Gasteiger partial charge < -0.3 is 15.2 Å². The Labute approximate surface area is 121 Å². The molecule has 0 bridgehead atoms. The van der Waals surface area contributed by atoms with Crippen molar-refractivity contribution in [1.82, 2.24) is 9.55 Å². The zero-order valence-corrected chi connectivity index (χ0v) is 11.7. The van der Waals surface area contributed by atoms with Crippen molar-refractivity contribution in [2.75, 3.05) is 12.5 Å². The second-order valence-electron chi connectivity index (χ2n) is 5.00. The lowest BCUT2D eigenvalue weighted by atomic mass is 10.2. The van der Waals surface area contributed by atoms with Crippen LogP contribution >= 0.6 is 0 Å². The number of ether oxygens (including phenoxy) is 2. The van der Waals surface area contributed by atoms with Crippen molar-refractivity contribution >= 4 is 16.7 Å². The van der Waals surface area contributed by atoms with Crippen molar-refractivity contribution in [3.63, 3.8) is 0 Å². The molecule has 5 heteroatoms. The maximum atomic E-state index is 5.85. The topological polar surface area (TPSA) is 62.3 Å². The molecule has 1 aliphatic rings. The summed E-state index contributed by atoms with van der Waals surface area (Å²) in [5.41, 5.74) is 9.54. The van der Waals surface area contributed by atoms with Gasteiger partial charge in [-0.15, -0.1) is 0 Å². The number of nitrogen functional groups attached to an aromatic ring is 1. The van der Waals surface area contributed by atoms with E-state index in [0.717, 1.165) is 46.2 Å². The maximum Gasteiger partial charge on any atom is 0.231 e. The standard InChI is InChI=1S/C16H15N3O2/c1-2-16-18-12-7-10(17)3-5-13(12)19(16)11-4-6-14-15(8-11)21-9-20-14/h3-8H,2,9,17H2,1H3. The molecule has 21 heavy (non-hydrogen) atoms. The van der Waals surface area contributed by atoms with Gasteiger partial charge in [-0.25, -0.2) is 4.98 Å². The number of nitrogens with two attached hydrogens (primary N) is 1. The highest BCUT2D eigenvalue weighted by Gasteiger charge is 2.17. The molecule has 4 rings (SSSR count). The number of hydrogen-bond acceptors (Lipinski definition) is 4. The molecule has 0 amide bonds. The number of fused-ring (bicyclic) bond motifs is 2. The summed E-state index contributed by atoms with van der Waals surface area (Å²) in [6.07, 6.45) is 0.836. The minimum Gasteiger partial charge on any atom is -0.454 e. The normalized spacial score (nSPS) is 13.0. The van der Waals surface area contributed by atoms with Gasteiger partial charge in [-0.3, -0.25) is 4.57 Å². The Morgan fingerprint density at radius 2 is 2.00 bits per heavy atom.